The zero-order valence-corrected chi connectivity index (χ0v) is 6.61. The standard InChI is InChI=1S/C7H9N3O2/c1-4-6-5(2-8-9-6)3-10(4)7(11)12/h2,4H,3H2,1H3,(H,8,9)(H,11,12)/t4-/m0/s1. The first-order valence-electron chi connectivity index (χ1n) is 3.72. The number of amides is 1. The highest BCUT2D eigenvalue weighted by atomic mass is 16.4. The summed E-state index contributed by atoms with van der Waals surface area (Å²) in [6, 6.07) is -0.0972. The van der Waals surface area contributed by atoms with Gasteiger partial charge >= 0.3 is 6.09 Å². The molecule has 5 heteroatoms. The second-order valence-corrected chi connectivity index (χ2v) is 2.90. The van der Waals surface area contributed by atoms with Gasteiger partial charge in [0.05, 0.1) is 24.5 Å². The predicted molar refractivity (Wildman–Crippen MR) is 40.6 cm³/mol. The number of rotatable bonds is 0. The molecule has 64 valence electrons. The fourth-order valence-electron chi connectivity index (χ4n) is 1.52. The Kier molecular flexibility index (Phi) is 1.33. The number of nitrogens with one attached hydrogen (secondary N) is 1. The maximum atomic E-state index is 10.7. The molecule has 5 nitrogen and oxygen atoms in total. The second-order valence-electron chi connectivity index (χ2n) is 2.90. The van der Waals surface area contributed by atoms with Crippen LogP contribution in [-0.4, -0.2) is 26.3 Å². The third-order valence-corrected chi connectivity index (χ3v) is 2.22. The lowest BCUT2D eigenvalue weighted by molar-refractivity contribution is 0.131. The number of aromatic amines is 1. The van der Waals surface area contributed by atoms with Crippen LogP contribution in [0.15, 0.2) is 6.20 Å². The van der Waals surface area contributed by atoms with Gasteiger partial charge in [-0.05, 0) is 6.92 Å². The van der Waals surface area contributed by atoms with Crippen molar-refractivity contribution in [2.45, 2.75) is 19.5 Å². The molecule has 0 spiro atoms. The average molecular weight is 167 g/mol. The van der Waals surface area contributed by atoms with Crippen molar-refractivity contribution in [1.29, 1.82) is 0 Å². The quantitative estimate of drug-likeness (QED) is 0.604. The lowest BCUT2D eigenvalue weighted by Gasteiger charge is -2.16. The highest BCUT2D eigenvalue weighted by molar-refractivity contribution is 5.66. The molecule has 0 aliphatic carbocycles. The first kappa shape index (κ1) is 7.15. The fourth-order valence-corrected chi connectivity index (χ4v) is 1.52. The summed E-state index contributed by atoms with van der Waals surface area (Å²) in [4.78, 5) is 12.0. The Morgan fingerprint density at radius 2 is 2.67 bits per heavy atom. The summed E-state index contributed by atoms with van der Waals surface area (Å²) in [6.07, 6.45) is 0.793. The molecule has 0 unspecified atom stereocenters. The van der Waals surface area contributed by atoms with E-state index in [-0.39, 0.29) is 6.04 Å². The van der Waals surface area contributed by atoms with Crippen LogP contribution < -0.4 is 0 Å². The van der Waals surface area contributed by atoms with Crippen molar-refractivity contribution in [3.05, 3.63) is 17.5 Å². The van der Waals surface area contributed by atoms with Gasteiger partial charge in [0.2, 0.25) is 0 Å². The van der Waals surface area contributed by atoms with Gasteiger partial charge in [0.25, 0.3) is 0 Å². The SMILES string of the molecule is C[C@H]1c2[nH]ncc2CN1C(=O)O. The molecule has 2 N–H and O–H groups in total. The average Bonchev–Trinajstić information content (AvgIpc) is 2.53. The third-order valence-electron chi connectivity index (χ3n) is 2.22. The van der Waals surface area contributed by atoms with Gasteiger partial charge in [-0.1, -0.05) is 0 Å². The van der Waals surface area contributed by atoms with Crippen LogP contribution in [0.4, 0.5) is 4.79 Å². The summed E-state index contributed by atoms with van der Waals surface area (Å²) in [6.45, 7) is 2.29. The number of aromatic nitrogens is 2. The van der Waals surface area contributed by atoms with E-state index in [1.54, 1.807) is 6.20 Å². The summed E-state index contributed by atoms with van der Waals surface area (Å²) in [5, 5.41) is 15.4. The Morgan fingerprint density at radius 1 is 1.92 bits per heavy atom. The summed E-state index contributed by atoms with van der Waals surface area (Å²) in [5.74, 6) is 0. The van der Waals surface area contributed by atoms with Crippen LogP contribution >= 0.6 is 0 Å². The monoisotopic (exact) mass is 167 g/mol. The molecule has 0 saturated heterocycles. The molecule has 0 bridgehead atoms. The van der Waals surface area contributed by atoms with E-state index in [4.69, 9.17) is 5.11 Å². The van der Waals surface area contributed by atoms with Crippen molar-refractivity contribution >= 4 is 6.09 Å². The van der Waals surface area contributed by atoms with Crippen LogP contribution in [0.3, 0.4) is 0 Å². The molecule has 0 saturated carbocycles. The summed E-state index contributed by atoms with van der Waals surface area (Å²) in [7, 11) is 0. The molecule has 1 aliphatic rings. The van der Waals surface area contributed by atoms with Crippen LogP contribution in [0.1, 0.15) is 24.2 Å². The van der Waals surface area contributed by atoms with Gasteiger partial charge < -0.3 is 5.11 Å². The minimum atomic E-state index is -0.882. The van der Waals surface area contributed by atoms with E-state index in [9.17, 15) is 4.79 Å². The summed E-state index contributed by atoms with van der Waals surface area (Å²) < 4.78 is 0. The third kappa shape index (κ3) is 0.792. The summed E-state index contributed by atoms with van der Waals surface area (Å²) in [5.41, 5.74) is 1.89. The van der Waals surface area contributed by atoms with E-state index in [1.165, 1.54) is 4.90 Å². The van der Waals surface area contributed by atoms with Gasteiger partial charge in [-0.2, -0.15) is 5.10 Å². The van der Waals surface area contributed by atoms with Crippen molar-refractivity contribution < 1.29 is 9.90 Å². The zero-order valence-electron chi connectivity index (χ0n) is 6.61. The molecule has 12 heavy (non-hydrogen) atoms. The van der Waals surface area contributed by atoms with E-state index in [2.05, 4.69) is 10.2 Å². The summed E-state index contributed by atoms with van der Waals surface area (Å²) >= 11 is 0. The van der Waals surface area contributed by atoms with Gasteiger partial charge in [0.1, 0.15) is 0 Å². The molecule has 1 atom stereocenters. The van der Waals surface area contributed by atoms with E-state index < -0.39 is 6.09 Å². The fraction of sp³-hybridized carbons (Fsp3) is 0.429. The first-order valence-corrected chi connectivity index (χ1v) is 3.72. The first-order chi connectivity index (χ1) is 5.70. The Labute approximate surface area is 69.0 Å². The minimum absolute atomic E-state index is 0.0972. The molecule has 1 aromatic rings. The van der Waals surface area contributed by atoms with Crippen molar-refractivity contribution in [2.24, 2.45) is 0 Å². The van der Waals surface area contributed by atoms with Crippen molar-refractivity contribution in [2.75, 3.05) is 0 Å². The van der Waals surface area contributed by atoms with E-state index in [0.717, 1.165) is 11.3 Å². The molecule has 1 aliphatic heterocycles. The predicted octanol–water partition coefficient (Wildman–Crippen LogP) is 0.964. The van der Waals surface area contributed by atoms with Crippen LogP contribution in [0.25, 0.3) is 0 Å². The smallest absolute Gasteiger partial charge is 0.408 e. The van der Waals surface area contributed by atoms with Gasteiger partial charge in [0, 0.05) is 5.56 Å². The van der Waals surface area contributed by atoms with Gasteiger partial charge in [0.15, 0.2) is 0 Å². The number of carboxylic acid groups (broad SMARTS) is 1. The molecule has 2 rings (SSSR count). The molecule has 0 fully saturated rings. The molecule has 0 radical (unpaired) electrons. The number of fused-ring (bicyclic) bond motifs is 1. The highest BCUT2D eigenvalue weighted by Gasteiger charge is 2.31. The van der Waals surface area contributed by atoms with E-state index in [1.807, 2.05) is 6.92 Å². The van der Waals surface area contributed by atoms with Crippen LogP contribution in [0, 0.1) is 0 Å². The van der Waals surface area contributed by atoms with Crippen LogP contribution in [-0.2, 0) is 6.54 Å². The lowest BCUT2D eigenvalue weighted by Crippen LogP contribution is -2.26. The Balaban J connectivity index is 2.32. The van der Waals surface area contributed by atoms with Crippen molar-refractivity contribution in [1.82, 2.24) is 15.1 Å². The number of hydrogen-bond donors (Lipinski definition) is 2. The molecular weight excluding hydrogens is 158 g/mol. The minimum Gasteiger partial charge on any atom is -0.465 e. The number of nitrogens with zero attached hydrogens (tertiary/aromatic N) is 2. The number of carbonyl (C=O) groups is 1. The maximum absolute atomic E-state index is 10.7. The largest absolute Gasteiger partial charge is 0.465 e. The normalized spacial score (nSPS) is 21.1. The molecular formula is C7H9N3O2. The molecule has 1 aromatic heterocycles. The molecule has 0 aromatic carbocycles. The Morgan fingerprint density at radius 3 is 3.25 bits per heavy atom. The van der Waals surface area contributed by atoms with E-state index in [0.29, 0.717) is 6.54 Å². The van der Waals surface area contributed by atoms with Crippen LogP contribution in [0.5, 0.6) is 0 Å². The van der Waals surface area contributed by atoms with Crippen LogP contribution in [0.2, 0.25) is 0 Å². The van der Waals surface area contributed by atoms with Crippen molar-refractivity contribution in [3.8, 4) is 0 Å². The second kappa shape index (κ2) is 2.23. The topological polar surface area (TPSA) is 69.2 Å². The lowest BCUT2D eigenvalue weighted by atomic mass is 10.2. The molecule has 2 heterocycles. The van der Waals surface area contributed by atoms with Gasteiger partial charge in [-0.15, -0.1) is 0 Å². The maximum Gasteiger partial charge on any atom is 0.408 e. The highest BCUT2D eigenvalue weighted by Crippen LogP contribution is 2.30. The van der Waals surface area contributed by atoms with Crippen molar-refractivity contribution in [3.63, 3.8) is 0 Å². The Bertz CT molecular complexity index is 320. The number of H-pyrrole nitrogens is 1. The van der Waals surface area contributed by atoms with Gasteiger partial charge in [-0.3, -0.25) is 10.00 Å². The molecule has 1 amide bonds. The Hall–Kier alpha value is -1.52. The number of hydrogen-bond acceptors (Lipinski definition) is 2. The van der Waals surface area contributed by atoms with Gasteiger partial charge in [-0.25, -0.2) is 4.79 Å². The van der Waals surface area contributed by atoms with E-state index >= 15 is 0 Å². The zero-order chi connectivity index (χ0) is 8.72.